The minimum Gasteiger partial charge on any atom is -0.342 e. The predicted octanol–water partition coefficient (Wildman–Crippen LogP) is 2.08. The molecule has 20 heavy (non-hydrogen) atoms. The van der Waals surface area contributed by atoms with Crippen LogP contribution in [0.5, 0.6) is 0 Å². The second-order valence-electron chi connectivity index (χ2n) is 5.14. The third kappa shape index (κ3) is 2.00. The lowest BCUT2D eigenvalue weighted by atomic mass is 10.1. The number of hydrogen-bond donors (Lipinski definition) is 2. The van der Waals surface area contributed by atoms with Crippen LogP contribution in [0, 0.1) is 13.8 Å². The minimum absolute atomic E-state index is 0.621. The second-order valence-corrected chi connectivity index (χ2v) is 5.14. The van der Waals surface area contributed by atoms with Crippen LogP contribution in [-0.2, 0) is 13.5 Å². The van der Waals surface area contributed by atoms with E-state index in [1.807, 2.05) is 24.7 Å². The number of hydrogen-bond acceptors (Lipinski definition) is 3. The van der Waals surface area contributed by atoms with Gasteiger partial charge in [0.1, 0.15) is 5.82 Å². The first-order valence-corrected chi connectivity index (χ1v) is 6.79. The normalized spacial score (nSPS) is 11.4. The number of aromatic amines is 1. The average Bonchev–Trinajstić information content (AvgIpc) is 2.89. The van der Waals surface area contributed by atoms with Gasteiger partial charge in [-0.05, 0) is 38.1 Å². The third-order valence-corrected chi connectivity index (χ3v) is 3.64. The molecule has 0 amide bonds. The fourth-order valence-corrected chi connectivity index (χ4v) is 2.75. The molecular weight excluding hydrogens is 250 g/mol. The lowest BCUT2D eigenvalue weighted by Crippen LogP contribution is -2.04. The summed E-state index contributed by atoms with van der Waals surface area (Å²) in [5, 5.41) is 4.57. The molecule has 5 heteroatoms. The average molecular weight is 269 g/mol. The minimum atomic E-state index is 0.621. The standard InChI is InChI=1S/C15H19N5/c1-9-12(6-7-16)19-20(3)15(9)11-4-5-13-14(8-11)18-10(2)17-13/h4-5,8H,6-7,16H2,1-3H3,(H,17,18). The molecule has 0 spiro atoms. The van der Waals surface area contributed by atoms with Crippen molar-refractivity contribution in [2.24, 2.45) is 12.8 Å². The number of benzene rings is 1. The molecule has 0 aliphatic rings. The van der Waals surface area contributed by atoms with Crippen molar-refractivity contribution < 1.29 is 0 Å². The summed E-state index contributed by atoms with van der Waals surface area (Å²) in [6.07, 6.45) is 0.811. The molecule has 104 valence electrons. The number of nitrogens with one attached hydrogen (secondary N) is 1. The molecule has 2 aromatic heterocycles. The molecule has 0 aliphatic heterocycles. The van der Waals surface area contributed by atoms with Crippen molar-refractivity contribution in [3.63, 3.8) is 0 Å². The Kier molecular flexibility index (Phi) is 3.06. The van der Waals surface area contributed by atoms with Crippen LogP contribution in [0.15, 0.2) is 18.2 Å². The summed E-state index contributed by atoms with van der Waals surface area (Å²) in [5.74, 6) is 0.933. The van der Waals surface area contributed by atoms with Crippen LogP contribution in [0.2, 0.25) is 0 Å². The molecule has 0 saturated carbocycles. The Bertz CT molecular complexity index is 766. The number of aryl methyl sites for hydroxylation is 2. The van der Waals surface area contributed by atoms with E-state index in [4.69, 9.17) is 5.73 Å². The number of aromatic nitrogens is 4. The zero-order chi connectivity index (χ0) is 14.3. The molecule has 0 saturated heterocycles. The number of nitrogens with zero attached hydrogens (tertiary/aromatic N) is 3. The van der Waals surface area contributed by atoms with Crippen LogP contribution < -0.4 is 5.73 Å². The van der Waals surface area contributed by atoms with E-state index in [2.05, 4.69) is 34.1 Å². The van der Waals surface area contributed by atoms with Crippen LogP contribution in [0.3, 0.4) is 0 Å². The van der Waals surface area contributed by atoms with E-state index in [1.165, 1.54) is 5.56 Å². The van der Waals surface area contributed by atoms with Gasteiger partial charge in [0.25, 0.3) is 0 Å². The van der Waals surface area contributed by atoms with Crippen molar-refractivity contribution in [1.82, 2.24) is 19.7 Å². The summed E-state index contributed by atoms with van der Waals surface area (Å²) >= 11 is 0. The van der Waals surface area contributed by atoms with Gasteiger partial charge in [-0.15, -0.1) is 0 Å². The van der Waals surface area contributed by atoms with Crippen LogP contribution >= 0.6 is 0 Å². The highest BCUT2D eigenvalue weighted by Crippen LogP contribution is 2.27. The molecule has 3 N–H and O–H groups in total. The van der Waals surface area contributed by atoms with Crippen LogP contribution in [0.25, 0.3) is 22.3 Å². The maximum atomic E-state index is 5.64. The highest BCUT2D eigenvalue weighted by Gasteiger charge is 2.14. The quantitative estimate of drug-likeness (QED) is 0.764. The molecule has 0 bridgehead atoms. The van der Waals surface area contributed by atoms with E-state index in [-0.39, 0.29) is 0 Å². The number of nitrogens with two attached hydrogens (primary N) is 1. The summed E-state index contributed by atoms with van der Waals surface area (Å²) in [6.45, 7) is 4.69. The fraction of sp³-hybridized carbons (Fsp3) is 0.333. The van der Waals surface area contributed by atoms with Gasteiger partial charge in [-0.3, -0.25) is 4.68 Å². The van der Waals surface area contributed by atoms with E-state index in [0.29, 0.717) is 6.54 Å². The number of fused-ring (bicyclic) bond motifs is 1. The topological polar surface area (TPSA) is 72.5 Å². The molecule has 0 fully saturated rings. The van der Waals surface area contributed by atoms with E-state index in [9.17, 15) is 0 Å². The first-order chi connectivity index (χ1) is 9.60. The first kappa shape index (κ1) is 12.9. The highest BCUT2D eigenvalue weighted by molar-refractivity contribution is 5.82. The Morgan fingerprint density at radius 3 is 2.85 bits per heavy atom. The Hall–Kier alpha value is -2.14. The maximum absolute atomic E-state index is 5.64. The van der Waals surface area contributed by atoms with Gasteiger partial charge < -0.3 is 10.7 Å². The van der Waals surface area contributed by atoms with E-state index < -0.39 is 0 Å². The number of H-pyrrole nitrogens is 1. The first-order valence-electron chi connectivity index (χ1n) is 6.79. The van der Waals surface area contributed by atoms with Crippen molar-refractivity contribution in [1.29, 1.82) is 0 Å². The zero-order valence-electron chi connectivity index (χ0n) is 12.1. The van der Waals surface area contributed by atoms with Gasteiger partial charge in [-0.2, -0.15) is 5.10 Å². The molecule has 0 unspecified atom stereocenters. The molecule has 0 radical (unpaired) electrons. The molecule has 0 atom stereocenters. The molecule has 0 aliphatic carbocycles. The summed E-state index contributed by atoms with van der Waals surface area (Å²) < 4.78 is 1.94. The Morgan fingerprint density at radius 2 is 2.10 bits per heavy atom. The largest absolute Gasteiger partial charge is 0.342 e. The molecule has 3 rings (SSSR count). The van der Waals surface area contributed by atoms with Crippen LogP contribution in [0.1, 0.15) is 17.1 Å². The van der Waals surface area contributed by atoms with E-state index in [1.54, 1.807) is 0 Å². The van der Waals surface area contributed by atoms with Crippen LogP contribution in [0.4, 0.5) is 0 Å². The van der Waals surface area contributed by atoms with Crippen LogP contribution in [-0.4, -0.2) is 26.3 Å². The number of imidazole rings is 1. The van der Waals surface area contributed by atoms with Crippen molar-refractivity contribution >= 4 is 11.0 Å². The molecule has 2 heterocycles. The van der Waals surface area contributed by atoms with Gasteiger partial charge in [0.05, 0.1) is 22.4 Å². The summed E-state index contributed by atoms with van der Waals surface area (Å²) in [4.78, 5) is 7.71. The predicted molar refractivity (Wildman–Crippen MR) is 80.5 cm³/mol. The fourth-order valence-electron chi connectivity index (χ4n) is 2.75. The van der Waals surface area contributed by atoms with Crippen molar-refractivity contribution in [2.45, 2.75) is 20.3 Å². The van der Waals surface area contributed by atoms with Gasteiger partial charge in [-0.25, -0.2) is 4.98 Å². The SMILES string of the molecule is Cc1nc2ccc(-c3c(C)c(CCN)nn3C)cc2[nH]1. The highest BCUT2D eigenvalue weighted by atomic mass is 15.3. The van der Waals surface area contributed by atoms with Gasteiger partial charge >= 0.3 is 0 Å². The Balaban J connectivity index is 2.14. The lowest BCUT2D eigenvalue weighted by molar-refractivity contribution is 0.745. The summed E-state index contributed by atoms with van der Waals surface area (Å²) in [5.41, 5.74) is 12.3. The Labute approximate surface area is 117 Å². The van der Waals surface area contributed by atoms with Gasteiger partial charge in [-0.1, -0.05) is 6.07 Å². The van der Waals surface area contributed by atoms with Crippen molar-refractivity contribution in [3.05, 3.63) is 35.3 Å². The lowest BCUT2D eigenvalue weighted by Gasteiger charge is -2.04. The second kappa shape index (κ2) is 4.76. The summed E-state index contributed by atoms with van der Waals surface area (Å²) in [7, 11) is 1.98. The van der Waals surface area contributed by atoms with E-state index >= 15 is 0 Å². The van der Waals surface area contributed by atoms with Gasteiger partial charge in [0.2, 0.25) is 0 Å². The number of rotatable bonds is 3. The molecular formula is C15H19N5. The molecule has 5 nitrogen and oxygen atoms in total. The van der Waals surface area contributed by atoms with Crippen molar-refractivity contribution in [3.8, 4) is 11.3 Å². The van der Waals surface area contributed by atoms with Gasteiger partial charge in [0, 0.05) is 19.0 Å². The van der Waals surface area contributed by atoms with E-state index in [0.717, 1.165) is 40.2 Å². The monoisotopic (exact) mass is 269 g/mol. The molecule has 3 aromatic rings. The van der Waals surface area contributed by atoms with Crippen molar-refractivity contribution in [2.75, 3.05) is 6.54 Å². The maximum Gasteiger partial charge on any atom is 0.104 e. The molecule has 1 aromatic carbocycles. The zero-order valence-corrected chi connectivity index (χ0v) is 12.1. The van der Waals surface area contributed by atoms with Gasteiger partial charge in [0.15, 0.2) is 0 Å². The smallest absolute Gasteiger partial charge is 0.104 e. The summed E-state index contributed by atoms with van der Waals surface area (Å²) in [6, 6.07) is 6.27. The Morgan fingerprint density at radius 1 is 1.30 bits per heavy atom. The third-order valence-electron chi connectivity index (χ3n) is 3.64.